The van der Waals surface area contributed by atoms with E-state index >= 15 is 0 Å². The van der Waals surface area contributed by atoms with Crippen molar-refractivity contribution in [3.63, 3.8) is 0 Å². The molecule has 2 aliphatic rings. The highest BCUT2D eigenvalue weighted by Crippen LogP contribution is 2.39. The van der Waals surface area contributed by atoms with Crippen molar-refractivity contribution < 1.29 is 19.8 Å². The van der Waals surface area contributed by atoms with Crippen LogP contribution in [0.15, 0.2) is 66.7 Å². The summed E-state index contributed by atoms with van der Waals surface area (Å²) in [5, 5.41) is 22.7. The molecule has 0 aliphatic heterocycles. The lowest BCUT2D eigenvalue weighted by Crippen LogP contribution is -2.36. The van der Waals surface area contributed by atoms with Crippen molar-refractivity contribution in [2.24, 2.45) is 0 Å². The molecule has 2 N–H and O–H groups in total. The van der Waals surface area contributed by atoms with Crippen LogP contribution in [0.5, 0.6) is 0 Å². The van der Waals surface area contributed by atoms with Crippen molar-refractivity contribution in [1.82, 2.24) is 0 Å². The van der Waals surface area contributed by atoms with Gasteiger partial charge in [-0.05, 0) is 101 Å². The molecule has 0 atom stereocenters. The Morgan fingerprint density at radius 3 is 1.49 bits per heavy atom. The first-order valence-corrected chi connectivity index (χ1v) is 16.2. The highest BCUT2D eigenvalue weighted by atomic mass is 16.3. The van der Waals surface area contributed by atoms with E-state index in [9.17, 15) is 19.8 Å². The van der Waals surface area contributed by atoms with Gasteiger partial charge in [0.2, 0.25) is 0 Å². The molecule has 3 aromatic carbocycles. The maximum Gasteiger partial charge on any atom is 0.193 e. The fourth-order valence-electron chi connectivity index (χ4n) is 7.29. The normalized spacial score (nSPS) is 18.0. The Morgan fingerprint density at radius 2 is 1.00 bits per heavy atom. The van der Waals surface area contributed by atoms with Crippen LogP contribution in [0.4, 0.5) is 5.69 Å². The maximum absolute atomic E-state index is 14.1. The quantitative estimate of drug-likeness (QED) is 0.250. The molecule has 0 amide bonds. The maximum atomic E-state index is 14.1. The molecule has 2 aliphatic carbocycles. The average molecular weight is 582 g/mol. The lowest BCUT2D eigenvalue weighted by Gasteiger charge is -2.33. The summed E-state index contributed by atoms with van der Waals surface area (Å²) in [5.74, 6) is -0.472. The Kier molecular flexibility index (Phi) is 9.24. The molecular formula is C38H47NO4. The zero-order valence-electron chi connectivity index (χ0n) is 26.2. The van der Waals surface area contributed by atoms with Gasteiger partial charge in [-0.25, -0.2) is 0 Å². The molecule has 3 aromatic rings. The summed E-state index contributed by atoms with van der Waals surface area (Å²) in [5.41, 5.74) is 2.37. The highest BCUT2D eigenvalue weighted by molar-refractivity contribution is 6.19. The SMILES string of the molecule is CC(C)N(c1ccc(C(=O)c2cc(C3(O)CCCCC3)ccc2C(=O)c2ccc(C3(O)CCCCC3)cc2)cc1)C(C)C. The third kappa shape index (κ3) is 6.49. The van der Waals surface area contributed by atoms with E-state index in [0.29, 0.717) is 52.7 Å². The number of hydrogen-bond acceptors (Lipinski definition) is 5. The lowest BCUT2D eigenvalue weighted by molar-refractivity contribution is -0.000982. The summed E-state index contributed by atoms with van der Waals surface area (Å²) < 4.78 is 0. The van der Waals surface area contributed by atoms with Crippen LogP contribution >= 0.6 is 0 Å². The first-order valence-electron chi connectivity index (χ1n) is 16.2. The molecule has 0 radical (unpaired) electrons. The second kappa shape index (κ2) is 12.8. The summed E-state index contributed by atoms with van der Waals surface area (Å²) in [6, 6.07) is 20.8. The number of carbonyl (C=O) groups excluding carboxylic acids is 2. The van der Waals surface area contributed by atoms with E-state index in [1.165, 1.54) is 0 Å². The Hall–Kier alpha value is -3.28. The van der Waals surface area contributed by atoms with Gasteiger partial charge in [0, 0.05) is 40.0 Å². The summed E-state index contributed by atoms with van der Waals surface area (Å²) in [4.78, 5) is 30.4. The van der Waals surface area contributed by atoms with Gasteiger partial charge in [0.1, 0.15) is 0 Å². The third-order valence-electron chi connectivity index (χ3n) is 9.63. The number of ketones is 2. The predicted molar refractivity (Wildman–Crippen MR) is 173 cm³/mol. The topological polar surface area (TPSA) is 77.8 Å². The van der Waals surface area contributed by atoms with Gasteiger partial charge < -0.3 is 15.1 Å². The van der Waals surface area contributed by atoms with Gasteiger partial charge in [-0.2, -0.15) is 0 Å². The Balaban J connectivity index is 1.51. The smallest absolute Gasteiger partial charge is 0.193 e. The van der Waals surface area contributed by atoms with Crippen molar-refractivity contribution in [1.29, 1.82) is 0 Å². The zero-order valence-corrected chi connectivity index (χ0v) is 26.2. The fourth-order valence-corrected chi connectivity index (χ4v) is 7.29. The van der Waals surface area contributed by atoms with Gasteiger partial charge >= 0.3 is 0 Å². The molecular weight excluding hydrogens is 534 g/mol. The van der Waals surface area contributed by atoms with Crippen LogP contribution < -0.4 is 4.90 Å². The molecule has 0 heterocycles. The number of anilines is 1. The van der Waals surface area contributed by atoms with Gasteiger partial charge in [-0.1, -0.05) is 68.9 Å². The van der Waals surface area contributed by atoms with E-state index in [4.69, 9.17) is 0 Å². The number of rotatable bonds is 9. The first-order chi connectivity index (χ1) is 20.5. The minimum atomic E-state index is -0.995. The highest BCUT2D eigenvalue weighted by Gasteiger charge is 2.34. The molecule has 0 spiro atoms. The molecule has 43 heavy (non-hydrogen) atoms. The van der Waals surface area contributed by atoms with Gasteiger partial charge in [0.15, 0.2) is 11.6 Å². The molecule has 2 fully saturated rings. The third-order valence-corrected chi connectivity index (χ3v) is 9.63. The van der Waals surface area contributed by atoms with E-state index in [0.717, 1.165) is 62.6 Å². The van der Waals surface area contributed by atoms with Crippen molar-refractivity contribution >= 4 is 17.3 Å². The molecule has 0 unspecified atom stereocenters. The van der Waals surface area contributed by atoms with E-state index in [1.807, 2.05) is 42.5 Å². The number of hydrogen-bond donors (Lipinski definition) is 2. The molecule has 0 saturated heterocycles. The summed E-state index contributed by atoms with van der Waals surface area (Å²) in [6.45, 7) is 8.61. The van der Waals surface area contributed by atoms with Gasteiger partial charge in [0.25, 0.3) is 0 Å². The van der Waals surface area contributed by atoms with Crippen molar-refractivity contribution in [3.8, 4) is 0 Å². The molecule has 228 valence electrons. The Bertz CT molecular complexity index is 1420. The molecule has 5 heteroatoms. The van der Waals surface area contributed by atoms with Gasteiger partial charge in [0.05, 0.1) is 11.2 Å². The van der Waals surface area contributed by atoms with Gasteiger partial charge in [-0.3, -0.25) is 9.59 Å². The standard InChI is InChI=1S/C38H47NO4/c1-26(2)39(27(3)4)32-18-13-29(14-19-32)36(41)34-25-31(38(43)23-9-6-10-24-38)17-20-33(34)35(40)28-11-15-30(16-12-28)37(42)21-7-5-8-22-37/h11-20,25-27,42-43H,5-10,21-24H2,1-4H3. The van der Waals surface area contributed by atoms with Crippen LogP contribution in [0.25, 0.3) is 0 Å². The second-order valence-corrected chi connectivity index (χ2v) is 13.3. The number of carbonyl (C=O) groups is 2. The van der Waals surface area contributed by atoms with E-state index < -0.39 is 11.2 Å². The summed E-state index contributed by atoms with van der Waals surface area (Å²) >= 11 is 0. The monoisotopic (exact) mass is 581 g/mol. The summed E-state index contributed by atoms with van der Waals surface area (Å²) in [6.07, 6.45) is 8.84. The molecule has 0 aromatic heterocycles. The number of nitrogens with zero attached hydrogens (tertiary/aromatic N) is 1. The Labute approximate surface area is 257 Å². The zero-order chi connectivity index (χ0) is 30.8. The molecule has 5 nitrogen and oxygen atoms in total. The van der Waals surface area contributed by atoms with E-state index in [-0.39, 0.29) is 11.6 Å². The molecule has 0 bridgehead atoms. The molecule has 2 saturated carbocycles. The van der Waals surface area contributed by atoms with E-state index in [1.54, 1.807) is 24.3 Å². The lowest BCUT2D eigenvalue weighted by atomic mass is 9.78. The summed E-state index contributed by atoms with van der Waals surface area (Å²) in [7, 11) is 0. The fraction of sp³-hybridized carbons (Fsp3) is 0.474. The minimum Gasteiger partial charge on any atom is -0.385 e. The van der Waals surface area contributed by atoms with E-state index in [2.05, 4.69) is 32.6 Å². The van der Waals surface area contributed by atoms with Crippen molar-refractivity contribution in [3.05, 3.63) is 100 Å². The number of aliphatic hydroxyl groups is 2. The predicted octanol–water partition coefficient (Wildman–Crippen LogP) is 8.08. The van der Waals surface area contributed by atoms with Crippen molar-refractivity contribution in [2.45, 2.75) is 115 Å². The van der Waals surface area contributed by atoms with Crippen LogP contribution in [0.3, 0.4) is 0 Å². The Morgan fingerprint density at radius 1 is 0.581 bits per heavy atom. The number of benzene rings is 3. The van der Waals surface area contributed by atoms with Crippen LogP contribution in [0, 0.1) is 0 Å². The van der Waals surface area contributed by atoms with Gasteiger partial charge in [-0.15, -0.1) is 0 Å². The second-order valence-electron chi connectivity index (χ2n) is 13.3. The van der Waals surface area contributed by atoms with Crippen LogP contribution in [-0.2, 0) is 11.2 Å². The average Bonchev–Trinajstić information content (AvgIpc) is 3.01. The minimum absolute atomic E-state index is 0.232. The van der Waals surface area contributed by atoms with Crippen LogP contribution in [0.1, 0.15) is 135 Å². The largest absolute Gasteiger partial charge is 0.385 e. The first kappa shape index (κ1) is 31.2. The van der Waals surface area contributed by atoms with Crippen LogP contribution in [-0.4, -0.2) is 33.9 Å². The van der Waals surface area contributed by atoms with Crippen molar-refractivity contribution in [2.75, 3.05) is 4.90 Å². The molecule has 5 rings (SSSR count). The van der Waals surface area contributed by atoms with Crippen LogP contribution in [0.2, 0.25) is 0 Å².